The van der Waals surface area contributed by atoms with E-state index in [1.807, 2.05) is 0 Å². The number of halogens is 1. The van der Waals surface area contributed by atoms with Gasteiger partial charge in [-0.15, -0.1) is 0 Å². The molecule has 0 aliphatic carbocycles. The van der Waals surface area contributed by atoms with Crippen molar-refractivity contribution >= 4 is 17.7 Å². The second kappa shape index (κ2) is 4.68. The highest BCUT2D eigenvalue weighted by Gasteiger charge is 2.26. The molecule has 1 saturated heterocycles. The summed E-state index contributed by atoms with van der Waals surface area (Å²) in [4.78, 5) is 33.6. The molecule has 1 fully saturated rings. The van der Waals surface area contributed by atoms with E-state index in [1.54, 1.807) is 0 Å². The summed E-state index contributed by atoms with van der Waals surface area (Å²) in [5, 5.41) is 8.33. The van der Waals surface area contributed by atoms with Crippen molar-refractivity contribution in [3.63, 3.8) is 0 Å². The number of rotatable bonds is 4. The minimum atomic E-state index is -1.23. The number of carboxylic acid groups (broad SMARTS) is 1. The molecule has 1 amide bonds. The molecule has 0 spiro atoms. The SMILES string of the molecule is O=C(O)CC(=O)CN1C/C(=C/F)CC1=O. The zero-order valence-electron chi connectivity index (χ0n) is 7.90. The number of Topliss-reactive ketones (excluding diaryl/α,β-unsaturated/α-hetero) is 1. The summed E-state index contributed by atoms with van der Waals surface area (Å²) in [6.45, 7) is -0.191. The van der Waals surface area contributed by atoms with Crippen molar-refractivity contribution in [3.8, 4) is 0 Å². The van der Waals surface area contributed by atoms with Gasteiger partial charge in [0.15, 0.2) is 5.78 Å². The largest absolute Gasteiger partial charge is 0.481 e. The van der Waals surface area contributed by atoms with Crippen molar-refractivity contribution in [1.29, 1.82) is 0 Å². The molecule has 1 N–H and O–H groups in total. The summed E-state index contributed by atoms with van der Waals surface area (Å²) < 4.78 is 12.1. The lowest BCUT2D eigenvalue weighted by atomic mass is 10.2. The van der Waals surface area contributed by atoms with Gasteiger partial charge in [0, 0.05) is 6.54 Å². The van der Waals surface area contributed by atoms with E-state index in [2.05, 4.69) is 0 Å². The Kier molecular flexibility index (Phi) is 3.54. The predicted molar refractivity (Wildman–Crippen MR) is 47.6 cm³/mol. The van der Waals surface area contributed by atoms with Crippen molar-refractivity contribution in [2.45, 2.75) is 12.8 Å². The quantitative estimate of drug-likeness (QED) is 0.675. The Morgan fingerprint density at radius 1 is 1.53 bits per heavy atom. The molecule has 1 aliphatic heterocycles. The summed E-state index contributed by atoms with van der Waals surface area (Å²) in [5.74, 6) is -2.14. The highest BCUT2D eigenvalue weighted by molar-refractivity contribution is 5.97. The van der Waals surface area contributed by atoms with E-state index in [0.717, 1.165) is 4.90 Å². The molecule has 0 unspecified atom stereocenters. The van der Waals surface area contributed by atoms with Crippen LogP contribution in [0.4, 0.5) is 4.39 Å². The number of carboxylic acids is 1. The molecule has 1 heterocycles. The standard InChI is InChI=1S/C9H10FNO4/c10-3-6-1-8(13)11(4-6)5-7(12)2-9(14)15/h3H,1-2,4-5H2,(H,14,15)/b6-3+. The first kappa shape index (κ1) is 11.4. The van der Waals surface area contributed by atoms with E-state index >= 15 is 0 Å². The summed E-state index contributed by atoms with van der Waals surface area (Å²) in [6, 6.07) is 0. The van der Waals surface area contributed by atoms with Crippen LogP contribution in [0, 0.1) is 0 Å². The fourth-order valence-corrected chi connectivity index (χ4v) is 1.35. The zero-order chi connectivity index (χ0) is 11.4. The van der Waals surface area contributed by atoms with Gasteiger partial charge in [0.25, 0.3) is 0 Å². The fourth-order valence-electron chi connectivity index (χ4n) is 1.35. The average molecular weight is 215 g/mol. The lowest BCUT2D eigenvalue weighted by Gasteiger charge is -2.12. The van der Waals surface area contributed by atoms with Crippen molar-refractivity contribution in [3.05, 3.63) is 11.9 Å². The zero-order valence-corrected chi connectivity index (χ0v) is 7.90. The summed E-state index contributed by atoms with van der Waals surface area (Å²) >= 11 is 0. The van der Waals surface area contributed by atoms with E-state index in [0.29, 0.717) is 11.9 Å². The summed E-state index contributed by atoms with van der Waals surface area (Å²) in [5.41, 5.74) is 0.308. The van der Waals surface area contributed by atoms with Crippen LogP contribution >= 0.6 is 0 Å². The number of hydrogen-bond donors (Lipinski definition) is 1. The number of likely N-dealkylation sites (tertiary alicyclic amines) is 1. The fraction of sp³-hybridized carbons (Fsp3) is 0.444. The molecule has 0 bridgehead atoms. The monoisotopic (exact) mass is 215 g/mol. The maximum Gasteiger partial charge on any atom is 0.310 e. The van der Waals surface area contributed by atoms with Crippen LogP contribution in [0.3, 0.4) is 0 Å². The number of aliphatic carboxylic acids is 1. The summed E-state index contributed by atoms with van der Waals surface area (Å²) in [6.07, 6.45) is -0.297. The van der Waals surface area contributed by atoms with Crippen LogP contribution in [-0.4, -0.2) is 40.8 Å². The van der Waals surface area contributed by atoms with Crippen LogP contribution in [0.1, 0.15) is 12.8 Å². The van der Waals surface area contributed by atoms with Gasteiger partial charge in [0.1, 0.15) is 6.42 Å². The van der Waals surface area contributed by atoms with Crippen molar-refractivity contribution < 1.29 is 23.9 Å². The Labute approximate surface area is 85.2 Å². The first-order chi connectivity index (χ1) is 7.02. The first-order valence-corrected chi connectivity index (χ1v) is 4.32. The molecular formula is C9H10FNO4. The number of carbonyl (C=O) groups is 3. The van der Waals surface area contributed by atoms with Crippen molar-refractivity contribution in [1.82, 2.24) is 4.90 Å². The van der Waals surface area contributed by atoms with E-state index in [9.17, 15) is 18.8 Å². The van der Waals surface area contributed by atoms with E-state index < -0.39 is 18.2 Å². The van der Waals surface area contributed by atoms with Crippen LogP contribution < -0.4 is 0 Å². The molecule has 0 saturated carbocycles. The molecule has 5 nitrogen and oxygen atoms in total. The molecule has 6 heteroatoms. The molecule has 82 valence electrons. The third-order valence-corrected chi connectivity index (χ3v) is 1.99. The van der Waals surface area contributed by atoms with Crippen LogP contribution in [0.2, 0.25) is 0 Å². The number of carbonyl (C=O) groups excluding carboxylic acids is 2. The maximum atomic E-state index is 12.1. The highest BCUT2D eigenvalue weighted by Crippen LogP contribution is 2.16. The molecular weight excluding hydrogens is 205 g/mol. The predicted octanol–water partition coefficient (Wildman–Crippen LogP) is 0.116. The van der Waals surface area contributed by atoms with Crippen LogP contribution in [0.5, 0.6) is 0 Å². The molecule has 0 aromatic rings. The Morgan fingerprint density at radius 3 is 2.67 bits per heavy atom. The smallest absolute Gasteiger partial charge is 0.310 e. The van der Waals surface area contributed by atoms with Gasteiger partial charge in [-0.05, 0) is 5.57 Å². The second-order valence-electron chi connectivity index (χ2n) is 3.30. The van der Waals surface area contributed by atoms with Gasteiger partial charge in [0.05, 0.1) is 19.3 Å². The number of ketones is 1. The van der Waals surface area contributed by atoms with Gasteiger partial charge >= 0.3 is 5.97 Å². The van der Waals surface area contributed by atoms with Gasteiger partial charge in [-0.1, -0.05) is 0 Å². The third kappa shape index (κ3) is 3.16. The Balaban J connectivity index is 2.49. The van der Waals surface area contributed by atoms with E-state index in [4.69, 9.17) is 5.11 Å². The van der Waals surface area contributed by atoms with Gasteiger partial charge < -0.3 is 10.0 Å². The van der Waals surface area contributed by atoms with Gasteiger partial charge in [-0.2, -0.15) is 0 Å². The van der Waals surface area contributed by atoms with Crippen LogP contribution in [0.25, 0.3) is 0 Å². The topological polar surface area (TPSA) is 74.7 Å². The molecule has 0 aromatic heterocycles. The molecule has 1 rings (SSSR count). The van der Waals surface area contributed by atoms with Crippen LogP contribution in [-0.2, 0) is 14.4 Å². The number of amides is 1. The second-order valence-corrected chi connectivity index (χ2v) is 3.30. The summed E-state index contributed by atoms with van der Waals surface area (Å²) in [7, 11) is 0. The Bertz CT molecular complexity index is 337. The molecule has 15 heavy (non-hydrogen) atoms. The molecule has 1 aliphatic rings. The first-order valence-electron chi connectivity index (χ1n) is 4.32. The highest BCUT2D eigenvalue weighted by atomic mass is 19.1. The lowest BCUT2D eigenvalue weighted by Crippen LogP contribution is -2.31. The maximum absolute atomic E-state index is 12.1. The Morgan fingerprint density at radius 2 is 2.20 bits per heavy atom. The van der Waals surface area contributed by atoms with Gasteiger partial charge in [-0.3, -0.25) is 14.4 Å². The molecule has 0 radical (unpaired) electrons. The van der Waals surface area contributed by atoms with Gasteiger partial charge in [-0.25, -0.2) is 4.39 Å². The minimum Gasteiger partial charge on any atom is -0.481 e. The Hall–Kier alpha value is -1.72. The normalized spacial score (nSPS) is 18.6. The van der Waals surface area contributed by atoms with E-state index in [-0.39, 0.29) is 25.4 Å². The number of hydrogen-bond acceptors (Lipinski definition) is 3. The van der Waals surface area contributed by atoms with E-state index in [1.165, 1.54) is 0 Å². The number of nitrogens with zero attached hydrogens (tertiary/aromatic N) is 1. The third-order valence-electron chi connectivity index (χ3n) is 1.99. The van der Waals surface area contributed by atoms with Gasteiger partial charge in [0.2, 0.25) is 5.91 Å². The van der Waals surface area contributed by atoms with Crippen LogP contribution in [0.15, 0.2) is 11.9 Å². The molecule has 0 atom stereocenters. The van der Waals surface area contributed by atoms with Crippen molar-refractivity contribution in [2.75, 3.05) is 13.1 Å². The minimum absolute atomic E-state index is 0.0309. The molecule has 0 aromatic carbocycles. The average Bonchev–Trinajstić information content (AvgIpc) is 2.46. The lowest BCUT2D eigenvalue weighted by molar-refractivity contribution is -0.142. The van der Waals surface area contributed by atoms with Crippen molar-refractivity contribution in [2.24, 2.45) is 0 Å².